The third-order valence-electron chi connectivity index (χ3n) is 5.86. The molecule has 1 N–H and O–H groups in total. The van der Waals surface area contributed by atoms with Gasteiger partial charge in [-0.1, -0.05) is 29.8 Å². The van der Waals surface area contributed by atoms with E-state index in [4.69, 9.17) is 25.5 Å². The van der Waals surface area contributed by atoms with Gasteiger partial charge in [0.05, 0.1) is 23.5 Å². The van der Waals surface area contributed by atoms with Crippen molar-refractivity contribution in [3.8, 4) is 17.2 Å². The molecule has 0 spiro atoms. The predicted octanol–water partition coefficient (Wildman–Crippen LogP) is 6.75. The third-order valence-corrected chi connectivity index (χ3v) is 6.17. The summed E-state index contributed by atoms with van der Waals surface area (Å²) < 4.78 is 17.0. The van der Waals surface area contributed by atoms with E-state index in [0.717, 1.165) is 0 Å². The average Bonchev–Trinajstić information content (AvgIpc) is 3.53. The lowest BCUT2D eigenvalue weighted by molar-refractivity contribution is -0.132. The van der Waals surface area contributed by atoms with Crippen LogP contribution in [-0.4, -0.2) is 23.4 Å². The molecule has 1 fully saturated rings. The van der Waals surface area contributed by atoms with Crippen molar-refractivity contribution in [2.75, 3.05) is 11.5 Å². The van der Waals surface area contributed by atoms with Crippen LogP contribution in [0.25, 0.3) is 5.76 Å². The van der Waals surface area contributed by atoms with Crippen molar-refractivity contribution in [2.45, 2.75) is 13.0 Å². The second-order valence-corrected chi connectivity index (χ2v) is 8.58. The molecule has 5 rings (SSSR count). The summed E-state index contributed by atoms with van der Waals surface area (Å²) in [6, 6.07) is 23.0. The van der Waals surface area contributed by atoms with Crippen molar-refractivity contribution in [3.05, 3.63) is 113 Å². The van der Waals surface area contributed by atoms with Crippen LogP contribution in [0.1, 0.15) is 24.3 Å². The SMILES string of the molecule is CCOc1cc(/C(O)=C2/C(=O)C(=O)N(c3ccc(Oc4ccccc4)cc3)C2c2ccco2)ccc1Cl. The lowest BCUT2D eigenvalue weighted by atomic mass is 9.99. The van der Waals surface area contributed by atoms with Gasteiger partial charge in [-0.25, -0.2) is 0 Å². The van der Waals surface area contributed by atoms with Gasteiger partial charge in [-0.05, 0) is 73.7 Å². The zero-order valence-corrected chi connectivity index (χ0v) is 20.5. The second-order valence-electron chi connectivity index (χ2n) is 8.17. The standard InChI is InChI=1S/C29H22ClNO6/c1-2-35-24-17-18(10-15-22(24)30)27(32)25-26(23-9-6-16-36-23)31(29(34)28(25)33)19-11-13-21(14-12-19)37-20-7-4-3-5-8-20/h3-17,26,32H,2H2,1H3/b27-25-. The molecule has 8 heteroatoms. The van der Waals surface area contributed by atoms with Crippen molar-refractivity contribution < 1.29 is 28.6 Å². The Morgan fingerprint density at radius 3 is 2.38 bits per heavy atom. The Hall–Kier alpha value is -4.49. The normalized spacial score (nSPS) is 16.7. The van der Waals surface area contributed by atoms with E-state index >= 15 is 0 Å². The molecule has 1 aromatic heterocycles. The number of hydrogen-bond donors (Lipinski definition) is 1. The molecular formula is C29H22ClNO6. The molecule has 1 unspecified atom stereocenters. The Balaban J connectivity index is 1.56. The molecule has 3 aromatic carbocycles. The number of carbonyl (C=O) groups is 2. The van der Waals surface area contributed by atoms with Crippen LogP contribution in [0.15, 0.2) is 101 Å². The van der Waals surface area contributed by atoms with Gasteiger partial charge in [0.1, 0.15) is 34.8 Å². The minimum absolute atomic E-state index is 0.102. The van der Waals surface area contributed by atoms with Gasteiger partial charge in [0.15, 0.2) is 0 Å². The zero-order chi connectivity index (χ0) is 25.9. The minimum Gasteiger partial charge on any atom is -0.507 e. The summed E-state index contributed by atoms with van der Waals surface area (Å²) in [4.78, 5) is 27.8. The van der Waals surface area contributed by atoms with Crippen molar-refractivity contribution in [3.63, 3.8) is 0 Å². The topological polar surface area (TPSA) is 89.2 Å². The highest BCUT2D eigenvalue weighted by Gasteiger charge is 2.48. The van der Waals surface area contributed by atoms with Gasteiger partial charge >= 0.3 is 0 Å². The molecule has 0 saturated carbocycles. The number of halogens is 1. The summed E-state index contributed by atoms with van der Waals surface area (Å²) in [5.74, 6) is -0.0827. The maximum atomic E-state index is 13.3. The first-order chi connectivity index (χ1) is 18.0. The van der Waals surface area contributed by atoms with E-state index in [1.807, 2.05) is 37.3 Å². The Morgan fingerprint density at radius 2 is 1.70 bits per heavy atom. The Morgan fingerprint density at radius 1 is 0.973 bits per heavy atom. The minimum atomic E-state index is -0.984. The fraction of sp³-hybridized carbons (Fsp3) is 0.103. The van der Waals surface area contributed by atoms with E-state index in [2.05, 4.69) is 0 Å². The van der Waals surface area contributed by atoms with Crippen molar-refractivity contribution in [1.29, 1.82) is 0 Å². The smallest absolute Gasteiger partial charge is 0.300 e. The summed E-state index contributed by atoms with van der Waals surface area (Å²) in [6.07, 6.45) is 1.45. The van der Waals surface area contributed by atoms with Crippen LogP contribution < -0.4 is 14.4 Å². The number of Topliss-reactive ketones (excluding diaryl/α,β-unsaturated/α-hetero) is 1. The number of aliphatic hydroxyl groups is 1. The maximum Gasteiger partial charge on any atom is 0.300 e. The fourth-order valence-corrected chi connectivity index (χ4v) is 4.36. The Labute approximate surface area is 218 Å². The van der Waals surface area contributed by atoms with Crippen LogP contribution in [0.4, 0.5) is 5.69 Å². The molecule has 37 heavy (non-hydrogen) atoms. The number of amides is 1. The largest absolute Gasteiger partial charge is 0.507 e. The molecule has 1 atom stereocenters. The molecule has 2 heterocycles. The lowest BCUT2D eigenvalue weighted by Gasteiger charge is -2.23. The first-order valence-electron chi connectivity index (χ1n) is 11.6. The van der Waals surface area contributed by atoms with Crippen LogP contribution in [0.2, 0.25) is 5.02 Å². The van der Waals surface area contributed by atoms with Crippen LogP contribution in [0.5, 0.6) is 17.2 Å². The van der Waals surface area contributed by atoms with E-state index in [1.54, 1.807) is 48.5 Å². The van der Waals surface area contributed by atoms with Gasteiger partial charge in [0, 0.05) is 11.3 Å². The predicted molar refractivity (Wildman–Crippen MR) is 139 cm³/mol. The molecular weight excluding hydrogens is 494 g/mol. The van der Waals surface area contributed by atoms with Crippen LogP contribution in [0, 0.1) is 0 Å². The number of benzene rings is 3. The van der Waals surface area contributed by atoms with Gasteiger partial charge in [-0.15, -0.1) is 0 Å². The summed E-state index contributed by atoms with van der Waals surface area (Å²) >= 11 is 6.19. The molecule has 186 valence electrons. The Bertz CT molecular complexity index is 1460. The molecule has 4 aromatic rings. The van der Waals surface area contributed by atoms with E-state index in [0.29, 0.717) is 40.3 Å². The number of aliphatic hydroxyl groups excluding tert-OH is 1. The maximum absolute atomic E-state index is 13.3. The molecule has 0 aliphatic carbocycles. The van der Waals surface area contributed by atoms with Gasteiger partial charge < -0.3 is 19.0 Å². The zero-order valence-electron chi connectivity index (χ0n) is 19.8. The highest BCUT2D eigenvalue weighted by molar-refractivity contribution is 6.51. The summed E-state index contributed by atoms with van der Waals surface area (Å²) in [5.41, 5.74) is 0.623. The van der Waals surface area contributed by atoms with Crippen LogP contribution in [0.3, 0.4) is 0 Å². The average molecular weight is 516 g/mol. The number of rotatable bonds is 7. The van der Waals surface area contributed by atoms with Crippen LogP contribution in [-0.2, 0) is 9.59 Å². The van der Waals surface area contributed by atoms with Crippen molar-refractivity contribution >= 4 is 34.7 Å². The van der Waals surface area contributed by atoms with Crippen molar-refractivity contribution in [1.82, 2.24) is 0 Å². The summed E-state index contributed by atoms with van der Waals surface area (Å²) in [7, 11) is 0. The third kappa shape index (κ3) is 4.69. The van der Waals surface area contributed by atoms with Crippen LogP contribution >= 0.6 is 11.6 Å². The number of anilines is 1. The van der Waals surface area contributed by atoms with Crippen molar-refractivity contribution in [2.24, 2.45) is 0 Å². The fourth-order valence-electron chi connectivity index (χ4n) is 4.19. The molecule has 1 aliphatic rings. The van der Waals surface area contributed by atoms with E-state index in [1.165, 1.54) is 17.2 Å². The molecule has 0 bridgehead atoms. The van der Waals surface area contributed by atoms with E-state index in [-0.39, 0.29) is 16.9 Å². The summed E-state index contributed by atoms with van der Waals surface area (Å²) in [5, 5.41) is 11.6. The Kier molecular flexibility index (Phi) is 6.70. The highest BCUT2D eigenvalue weighted by Crippen LogP contribution is 2.43. The number of ketones is 1. The van der Waals surface area contributed by atoms with Gasteiger partial charge in [-0.3, -0.25) is 14.5 Å². The quantitative estimate of drug-likeness (QED) is 0.166. The first-order valence-corrected chi connectivity index (χ1v) is 12.0. The number of ether oxygens (including phenoxy) is 2. The molecule has 1 saturated heterocycles. The van der Waals surface area contributed by atoms with Gasteiger partial charge in [-0.2, -0.15) is 0 Å². The molecule has 1 amide bonds. The summed E-state index contributed by atoms with van der Waals surface area (Å²) in [6.45, 7) is 2.17. The van der Waals surface area contributed by atoms with E-state index < -0.39 is 17.7 Å². The lowest BCUT2D eigenvalue weighted by Crippen LogP contribution is -2.29. The molecule has 1 aliphatic heterocycles. The number of hydrogen-bond acceptors (Lipinski definition) is 6. The number of nitrogens with zero attached hydrogens (tertiary/aromatic N) is 1. The number of furan rings is 1. The first kappa shape index (κ1) is 24.2. The number of carbonyl (C=O) groups excluding carboxylic acids is 2. The van der Waals surface area contributed by atoms with E-state index in [9.17, 15) is 14.7 Å². The number of para-hydroxylation sites is 1. The highest BCUT2D eigenvalue weighted by atomic mass is 35.5. The second kappa shape index (κ2) is 10.2. The van der Waals surface area contributed by atoms with Gasteiger partial charge in [0.25, 0.3) is 11.7 Å². The monoisotopic (exact) mass is 515 g/mol. The molecule has 7 nitrogen and oxygen atoms in total. The molecule has 0 radical (unpaired) electrons. The van der Waals surface area contributed by atoms with Gasteiger partial charge in [0.2, 0.25) is 0 Å².